The molecule has 0 unspecified atom stereocenters. The van der Waals surface area contributed by atoms with Gasteiger partial charge < -0.3 is 20.7 Å². The van der Waals surface area contributed by atoms with Gasteiger partial charge >= 0.3 is 0 Å². The first-order valence-corrected chi connectivity index (χ1v) is 6.23. The van der Waals surface area contributed by atoms with Gasteiger partial charge in [-0.1, -0.05) is 0 Å². The lowest BCUT2D eigenvalue weighted by Gasteiger charge is -2.30. The molecular weight excluding hydrogens is 367 g/mol. The summed E-state index contributed by atoms with van der Waals surface area (Å²) in [4.78, 5) is 6.49. The van der Waals surface area contributed by atoms with Gasteiger partial charge in [0, 0.05) is 11.2 Å². The summed E-state index contributed by atoms with van der Waals surface area (Å²) in [7, 11) is 5.70. The van der Waals surface area contributed by atoms with E-state index in [1.807, 2.05) is 38.4 Å². The minimum absolute atomic E-state index is 0. The summed E-state index contributed by atoms with van der Waals surface area (Å²) in [6.07, 6.45) is 0. The molecule has 6 heteroatoms. The summed E-state index contributed by atoms with van der Waals surface area (Å²) < 4.78 is 5.10. The molecule has 3 N–H and O–H groups in total. The maximum atomic E-state index is 5.87. The van der Waals surface area contributed by atoms with Crippen LogP contribution in [-0.2, 0) is 0 Å². The number of anilines is 1. The number of methoxy groups -OCH3 is 1. The Bertz CT molecular complexity index is 429. The molecule has 0 heterocycles. The van der Waals surface area contributed by atoms with Crippen molar-refractivity contribution in [2.45, 2.75) is 19.4 Å². The molecule has 0 aliphatic heterocycles. The number of benzene rings is 1. The summed E-state index contributed by atoms with van der Waals surface area (Å²) in [6.45, 7) is 4.88. The van der Waals surface area contributed by atoms with Gasteiger partial charge in [-0.2, -0.15) is 0 Å². The van der Waals surface area contributed by atoms with Gasteiger partial charge in [0.15, 0.2) is 5.96 Å². The van der Waals surface area contributed by atoms with Crippen molar-refractivity contribution in [2.24, 2.45) is 10.7 Å². The number of halogens is 1. The molecule has 0 bridgehead atoms. The maximum absolute atomic E-state index is 5.87. The predicted octanol–water partition coefficient (Wildman–Crippen LogP) is 2.38. The van der Waals surface area contributed by atoms with Crippen molar-refractivity contribution in [1.29, 1.82) is 0 Å². The van der Waals surface area contributed by atoms with Crippen LogP contribution >= 0.6 is 24.0 Å². The molecule has 5 nitrogen and oxygen atoms in total. The number of aliphatic imine (C=N–C) groups is 1. The van der Waals surface area contributed by atoms with Crippen LogP contribution < -0.4 is 15.8 Å². The number of nitrogens with two attached hydrogens (primary N) is 1. The molecule has 0 atom stereocenters. The van der Waals surface area contributed by atoms with Crippen LogP contribution in [0.5, 0.6) is 5.75 Å². The minimum atomic E-state index is -0.0216. The summed E-state index contributed by atoms with van der Waals surface area (Å²) in [5.74, 6) is 1.23. The molecule has 0 saturated carbocycles. The number of nitrogens with one attached hydrogen (secondary N) is 1. The smallest absolute Gasteiger partial charge is 0.193 e. The first kappa shape index (κ1) is 19.0. The van der Waals surface area contributed by atoms with Crippen molar-refractivity contribution in [3.05, 3.63) is 24.3 Å². The minimum Gasteiger partial charge on any atom is -0.497 e. The van der Waals surface area contributed by atoms with E-state index in [1.165, 1.54) is 0 Å². The van der Waals surface area contributed by atoms with Crippen LogP contribution in [0.2, 0.25) is 0 Å². The van der Waals surface area contributed by atoms with Gasteiger partial charge in [0.1, 0.15) is 5.75 Å². The van der Waals surface area contributed by atoms with E-state index >= 15 is 0 Å². The molecule has 0 radical (unpaired) electrons. The molecule has 1 aromatic rings. The Balaban J connectivity index is 0.00000361. The van der Waals surface area contributed by atoms with E-state index in [0.29, 0.717) is 12.5 Å². The number of hydrogen-bond donors (Lipinski definition) is 2. The number of hydrogen-bond acceptors (Lipinski definition) is 3. The SMILES string of the molecule is COc1ccc(NC(N)=NCC(C)(C)N(C)C)cc1.I. The molecule has 0 aliphatic rings. The molecule has 0 fully saturated rings. The molecule has 0 amide bonds. The number of likely N-dealkylation sites (N-methyl/N-ethyl adjacent to an activating group) is 1. The Morgan fingerprint density at radius 3 is 2.30 bits per heavy atom. The second-order valence-electron chi connectivity index (χ2n) is 5.26. The van der Waals surface area contributed by atoms with Crippen LogP contribution in [0.25, 0.3) is 0 Å². The van der Waals surface area contributed by atoms with Gasteiger partial charge in [-0.3, -0.25) is 4.99 Å². The lowest BCUT2D eigenvalue weighted by atomic mass is 10.1. The zero-order valence-corrected chi connectivity index (χ0v) is 15.1. The zero-order valence-electron chi connectivity index (χ0n) is 12.8. The van der Waals surface area contributed by atoms with Crippen molar-refractivity contribution in [3.63, 3.8) is 0 Å². The van der Waals surface area contributed by atoms with Gasteiger partial charge in [0.05, 0.1) is 13.7 Å². The molecular formula is C14H25IN4O. The van der Waals surface area contributed by atoms with E-state index in [9.17, 15) is 0 Å². The highest BCUT2D eigenvalue weighted by molar-refractivity contribution is 14.0. The molecule has 0 spiro atoms. The summed E-state index contributed by atoms with van der Waals surface area (Å²) in [5, 5.41) is 3.06. The highest BCUT2D eigenvalue weighted by atomic mass is 127. The average Bonchev–Trinajstić information content (AvgIpc) is 2.37. The summed E-state index contributed by atoms with van der Waals surface area (Å²) >= 11 is 0. The number of rotatable bonds is 5. The van der Waals surface area contributed by atoms with Crippen molar-refractivity contribution in [2.75, 3.05) is 33.1 Å². The van der Waals surface area contributed by atoms with Crippen molar-refractivity contribution in [1.82, 2.24) is 4.90 Å². The van der Waals surface area contributed by atoms with Gasteiger partial charge in [-0.25, -0.2) is 0 Å². The Labute approximate surface area is 138 Å². The Morgan fingerprint density at radius 1 is 1.30 bits per heavy atom. The predicted molar refractivity (Wildman–Crippen MR) is 96.3 cm³/mol. The fourth-order valence-corrected chi connectivity index (χ4v) is 1.28. The standard InChI is InChI=1S/C14H24N4O.HI/c1-14(2,18(3)4)10-16-13(15)17-11-6-8-12(19-5)9-7-11;/h6-9H,10H2,1-5H3,(H3,15,16,17);1H. The van der Waals surface area contributed by atoms with Crippen molar-refractivity contribution in [3.8, 4) is 5.75 Å². The highest BCUT2D eigenvalue weighted by Gasteiger charge is 2.19. The Morgan fingerprint density at radius 2 is 1.85 bits per heavy atom. The summed E-state index contributed by atoms with van der Waals surface area (Å²) in [6, 6.07) is 7.55. The largest absolute Gasteiger partial charge is 0.497 e. The van der Waals surface area contributed by atoms with Gasteiger partial charge in [0.25, 0.3) is 0 Å². The van der Waals surface area contributed by atoms with E-state index in [-0.39, 0.29) is 29.5 Å². The fourth-order valence-electron chi connectivity index (χ4n) is 1.28. The van der Waals surface area contributed by atoms with E-state index in [2.05, 4.69) is 29.1 Å². The third-order valence-electron chi connectivity index (χ3n) is 3.21. The average molecular weight is 392 g/mol. The van der Waals surface area contributed by atoms with E-state index in [0.717, 1.165) is 11.4 Å². The van der Waals surface area contributed by atoms with Crippen molar-refractivity contribution >= 4 is 35.6 Å². The van der Waals surface area contributed by atoms with Crippen LogP contribution in [0.1, 0.15) is 13.8 Å². The molecule has 0 aliphatic carbocycles. The van der Waals surface area contributed by atoms with Crippen LogP contribution in [0.15, 0.2) is 29.3 Å². The molecule has 1 rings (SSSR count). The zero-order chi connectivity index (χ0) is 14.5. The fraction of sp³-hybridized carbons (Fsp3) is 0.500. The molecule has 0 aromatic heterocycles. The molecule has 1 aromatic carbocycles. The lowest BCUT2D eigenvalue weighted by Crippen LogP contribution is -2.41. The Hall–Kier alpha value is -1.02. The molecule has 20 heavy (non-hydrogen) atoms. The number of guanidine groups is 1. The molecule has 0 saturated heterocycles. The topological polar surface area (TPSA) is 62.9 Å². The number of nitrogens with zero attached hydrogens (tertiary/aromatic N) is 2. The van der Waals surface area contributed by atoms with Crippen LogP contribution in [-0.4, -0.2) is 44.1 Å². The monoisotopic (exact) mass is 392 g/mol. The Kier molecular flexibility index (Phi) is 7.88. The third-order valence-corrected chi connectivity index (χ3v) is 3.21. The first-order valence-electron chi connectivity index (χ1n) is 6.23. The summed E-state index contributed by atoms with van der Waals surface area (Å²) in [5.41, 5.74) is 6.74. The van der Waals surface area contributed by atoms with E-state index in [4.69, 9.17) is 10.5 Å². The maximum Gasteiger partial charge on any atom is 0.193 e. The van der Waals surface area contributed by atoms with Crippen LogP contribution in [0.4, 0.5) is 5.69 Å². The quantitative estimate of drug-likeness (QED) is 0.459. The second-order valence-corrected chi connectivity index (χ2v) is 5.26. The van der Waals surface area contributed by atoms with Gasteiger partial charge in [-0.15, -0.1) is 24.0 Å². The molecule has 114 valence electrons. The van der Waals surface area contributed by atoms with Crippen LogP contribution in [0.3, 0.4) is 0 Å². The lowest BCUT2D eigenvalue weighted by molar-refractivity contribution is 0.205. The number of ether oxygens (including phenoxy) is 1. The van der Waals surface area contributed by atoms with Gasteiger partial charge in [0.2, 0.25) is 0 Å². The highest BCUT2D eigenvalue weighted by Crippen LogP contribution is 2.15. The second kappa shape index (κ2) is 8.31. The van der Waals surface area contributed by atoms with E-state index < -0.39 is 0 Å². The van der Waals surface area contributed by atoms with E-state index in [1.54, 1.807) is 7.11 Å². The normalized spacial score (nSPS) is 12.0. The van der Waals surface area contributed by atoms with Crippen molar-refractivity contribution < 1.29 is 4.74 Å². The van der Waals surface area contributed by atoms with Gasteiger partial charge in [-0.05, 0) is 52.2 Å². The van der Waals surface area contributed by atoms with Crippen LogP contribution in [0, 0.1) is 0 Å². The first-order chi connectivity index (χ1) is 8.85. The third kappa shape index (κ3) is 5.96.